The number of ketones is 1. The van der Waals surface area contributed by atoms with E-state index in [-0.39, 0.29) is 18.1 Å². The van der Waals surface area contributed by atoms with Crippen molar-refractivity contribution < 1.29 is 9.59 Å². The largest absolute Gasteiger partial charge is 0.310 e. The van der Waals surface area contributed by atoms with Gasteiger partial charge in [0.1, 0.15) is 5.78 Å². The highest BCUT2D eigenvalue weighted by Gasteiger charge is 2.24. The van der Waals surface area contributed by atoms with Gasteiger partial charge in [0, 0.05) is 13.0 Å². The molecule has 0 bridgehead atoms. The van der Waals surface area contributed by atoms with Crippen LogP contribution < -0.4 is 4.90 Å². The van der Waals surface area contributed by atoms with Gasteiger partial charge in [-0.2, -0.15) is 10.2 Å². The average molecular weight is 191 g/mol. The first-order valence-corrected chi connectivity index (χ1v) is 4.36. The molecule has 5 heteroatoms. The lowest BCUT2D eigenvalue weighted by Crippen LogP contribution is -2.39. The lowest BCUT2D eigenvalue weighted by molar-refractivity contribution is -0.128. The van der Waals surface area contributed by atoms with E-state index in [0.717, 1.165) is 0 Å². The van der Waals surface area contributed by atoms with Crippen molar-refractivity contribution in [2.75, 3.05) is 11.4 Å². The first kappa shape index (κ1) is 8.80. The Morgan fingerprint density at radius 3 is 2.79 bits per heavy atom. The normalized spacial score (nSPS) is 17.3. The molecule has 0 spiro atoms. The summed E-state index contributed by atoms with van der Waals surface area (Å²) >= 11 is 0. The second-order valence-corrected chi connectivity index (χ2v) is 3.11. The van der Waals surface area contributed by atoms with Crippen LogP contribution in [0.5, 0.6) is 0 Å². The fraction of sp³-hybridized carbons (Fsp3) is 0.333. The maximum Gasteiger partial charge on any atom is 0.234 e. The third kappa shape index (κ3) is 1.61. The molecule has 1 fully saturated rings. The van der Waals surface area contributed by atoms with Gasteiger partial charge < -0.3 is 4.90 Å². The molecule has 72 valence electrons. The summed E-state index contributed by atoms with van der Waals surface area (Å²) in [6, 6.07) is 1.71. The lowest BCUT2D eigenvalue weighted by atomic mass is 10.1. The molecule has 0 radical (unpaired) electrons. The van der Waals surface area contributed by atoms with Crippen LogP contribution in [0.15, 0.2) is 18.5 Å². The smallest absolute Gasteiger partial charge is 0.234 e. The van der Waals surface area contributed by atoms with Gasteiger partial charge in [-0.3, -0.25) is 9.59 Å². The minimum Gasteiger partial charge on any atom is -0.310 e. The van der Waals surface area contributed by atoms with Gasteiger partial charge >= 0.3 is 0 Å². The number of carbonyl (C=O) groups is 2. The van der Waals surface area contributed by atoms with Crippen LogP contribution in [-0.4, -0.2) is 28.4 Å². The molecule has 0 unspecified atom stereocenters. The molecule has 2 rings (SSSR count). The van der Waals surface area contributed by atoms with Crippen molar-refractivity contribution in [1.29, 1.82) is 0 Å². The van der Waals surface area contributed by atoms with Gasteiger partial charge in [-0.25, -0.2) is 0 Å². The van der Waals surface area contributed by atoms with Gasteiger partial charge in [-0.05, 0) is 6.07 Å². The molecule has 5 nitrogen and oxygen atoms in total. The molecule has 0 N–H and O–H groups in total. The highest BCUT2D eigenvalue weighted by molar-refractivity contribution is 6.08. The molecule has 1 aromatic heterocycles. The van der Waals surface area contributed by atoms with Crippen molar-refractivity contribution in [3.8, 4) is 0 Å². The second kappa shape index (κ2) is 3.53. The number of anilines is 1. The molecule has 0 atom stereocenters. The van der Waals surface area contributed by atoms with Gasteiger partial charge in [0.05, 0.1) is 24.5 Å². The number of hydrogen-bond acceptors (Lipinski definition) is 4. The first-order chi connectivity index (χ1) is 6.77. The summed E-state index contributed by atoms with van der Waals surface area (Å²) < 4.78 is 0. The topological polar surface area (TPSA) is 63.2 Å². The first-order valence-electron chi connectivity index (χ1n) is 4.36. The van der Waals surface area contributed by atoms with Crippen molar-refractivity contribution in [2.45, 2.75) is 12.8 Å². The molecule has 2 heterocycles. The van der Waals surface area contributed by atoms with Gasteiger partial charge in [0.15, 0.2) is 0 Å². The molecule has 0 aliphatic carbocycles. The molecule has 0 saturated carbocycles. The van der Waals surface area contributed by atoms with Crippen LogP contribution in [0.4, 0.5) is 5.69 Å². The van der Waals surface area contributed by atoms with E-state index < -0.39 is 0 Å². The highest BCUT2D eigenvalue weighted by atomic mass is 16.2. The van der Waals surface area contributed by atoms with E-state index in [1.54, 1.807) is 11.0 Å². The Bertz CT molecular complexity index is 364. The standard InChI is InChI=1S/C9H9N3O2/c13-8-2-4-12(9(14)5-8)7-1-3-10-11-6-7/h1,3,6H,2,4-5H2. The number of piperidine rings is 1. The summed E-state index contributed by atoms with van der Waals surface area (Å²) in [5.41, 5.74) is 0.706. The maximum absolute atomic E-state index is 11.5. The van der Waals surface area contributed by atoms with Crippen LogP contribution in [-0.2, 0) is 9.59 Å². The van der Waals surface area contributed by atoms with Crippen LogP contribution in [0.2, 0.25) is 0 Å². The molecule has 1 aliphatic heterocycles. The van der Waals surface area contributed by atoms with Crippen LogP contribution >= 0.6 is 0 Å². The highest BCUT2D eigenvalue weighted by Crippen LogP contribution is 2.16. The Balaban J connectivity index is 2.20. The van der Waals surface area contributed by atoms with Gasteiger partial charge in [-0.1, -0.05) is 0 Å². The Labute approximate surface area is 80.7 Å². The SMILES string of the molecule is O=C1CCN(c2ccnnc2)C(=O)C1. The van der Waals surface area contributed by atoms with Crippen LogP contribution in [0.3, 0.4) is 0 Å². The average Bonchev–Trinajstić information content (AvgIpc) is 2.19. The Morgan fingerprint density at radius 2 is 2.14 bits per heavy atom. The second-order valence-electron chi connectivity index (χ2n) is 3.11. The van der Waals surface area contributed by atoms with Crippen molar-refractivity contribution in [3.63, 3.8) is 0 Å². The number of rotatable bonds is 1. The molecule has 1 saturated heterocycles. The number of amides is 1. The summed E-state index contributed by atoms with van der Waals surface area (Å²) in [4.78, 5) is 24.0. The maximum atomic E-state index is 11.5. The summed E-state index contributed by atoms with van der Waals surface area (Å²) in [5.74, 6) is -0.150. The number of aromatic nitrogens is 2. The Hall–Kier alpha value is -1.78. The number of carbonyl (C=O) groups excluding carboxylic acids is 2. The van der Waals surface area contributed by atoms with Crippen LogP contribution in [0, 0.1) is 0 Å². The molecule has 14 heavy (non-hydrogen) atoms. The van der Waals surface area contributed by atoms with E-state index in [1.807, 2.05) is 0 Å². The number of nitrogens with zero attached hydrogens (tertiary/aromatic N) is 3. The van der Waals surface area contributed by atoms with Crippen molar-refractivity contribution >= 4 is 17.4 Å². The molecule has 0 aromatic carbocycles. The third-order valence-corrected chi connectivity index (χ3v) is 2.14. The summed E-state index contributed by atoms with van der Waals surface area (Å²) in [7, 11) is 0. The van der Waals surface area contributed by atoms with E-state index in [1.165, 1.54) is 12.4 Å². The molecule has 1 amide bonds. The summed E-state index contributed by atoms with van der Waals surface area (Å²) in [6.07, 6.45) is 3.48. The van der Waals surface area contributed by atoms with E-state index in [2.05, 4.69) is 10.2 Å². The summed E-state index contributed by atoms with van der Waals surface area (Å²) in [6.45, 7) is 0.448. The van der Waals surface area contributed by atoms with Gasteiger partial charge in [0.25, 0.3) is 0 Å². The van der Waals surface area contributed by atoms with E-state index >= 15 is 0 Å². The quantitative estimate of drug-likeness (QED) is 0.594. The van der Waals surface area contributed by atoms with Crippen molar-refractivity contribution in [3.05, 3.63) is 18.5 Å². The Morgan fingerprint density at radius 1 is 1.29 bits per heavy atom. The van der Waals surface area contributed by atoms with Gasteiger partial charge in [-0.15, -0.1) is 0 Å². The fourth-order valence-electron chi connectivity index (χ4n) is 1.43. The zero-order valence-electron chi connectivity index (χ0n) is 7.51. The van der Waals surface area contributed by atoms with Crippen LogP contribution in [0.25, 0.3) is 0 Å². The zero-order valence-corrected chi connectivity index (χ0v) is 7.51. The molecular formula is C9H9N3O2. The minimum absolute atomic E-state index is 0.00230. The number of Topliss-reactive ketones (excluding diaryl/α,β-unsaturated/α-hetero) is 1. The van der Waals surface area contributed by atoms with E-state index in [9.17, 15) is 9.59 Å². The van der Waals surface area contributed by atoms with Gasteiger partial charge in [0.2, 0.25) is 5.91 Å². The molecular weight excluding hydrogens is 182 g/mol. The molecule has 1 aliphatic rings. The fourth-order valence-corrected chi connectivity index (χ4v) is 1.43. The monoisotopic (exact) mass is 191 g/mol. The molecule has 1 aromatic rings. The van der Waals surface area contributed by atoms with E-state index in [0.29, 0.717) is 18.7 Å². The van der Waals surface area contributed by atoms with Crippen molar-refractivity contribution in [2.24, 2.45) is 0 Å². The summed E-state index contributed by atoms with van der Waals surface area (Å²) in [5, 5.41) is 7.31. The Kier molecular flexibility index (Phi) is 2.22. The minimum atomic E-state index is -0.158. The van der Waals surface area contributed by atoms with Crippen molar-refractivity contribution in [1.82, 2.24) is 10.2 Å². The van der Waals surface area contributed by atoms with E-state index in [4.69, 9.17) is 0 Å². The number of hydrogen-bond donors (Lipinski definition) is 0. The van der Waals surface area contributed by atoms with Crippen LogP contribution in [0.1, 0.15) is 12.8 Å². The zero-order chi connectivity index (χ0) is 9.97. The third-order valence-electron chi connectivity index (χ3n) is 2.14. The predicted molar refractivity (Wildman–Crippen MR) is 48.6 cm³/mol. The lowest BCUT2D eigenvalue weighted by Gasteiger charge is -2.25. The predicted octanol–water partition coefficient (Wildman–Crippen LogP) is 0.172.